The average molecular weight is 324 g/mol. The summed E-state index contributed by atoms with van der Waals surface area (Å²) in [5.74, 6) is -0.190. The lowest BCUT2D eigenvalue weighted by atomic mass is 10.2. The molecule has 0 aliphatic heterocycles. The lowest BCUT2D eigenvalue weighted by Crippen LogP contribution is -2.40. The number of hydrogen-bond acceptors (Lipinski definition) is 5. The second kappa shape index (κ2) is 6.37. The van der Waals surface area contributed by atoms with Gasteiger partial charge in [0.05, 0.1) is 16.9 Å². The highest BCUT2D eigenvalue weighted by atomic mass is 16.2. The van der Waals surface area contributed by atoms with Crippen molar-refractivity contribution in [1.29, 1.82) is 0 Å². The molecule has 7 heteroatoms. The minimum Gasteiger partial charge on any atom is -0.336 e. The van der Waals surface area contributed by atoms with Crippen LogP contribution in [-0.2, 0) is 0 Å². The lowest BCUT2D eigenvalue weighted by molar-refractivity contribution is 0.0741. The molecule has 1 aromatic carbocycles. The van der Waals surface area contributed by atoms with E-state index in [9.17, 15) is 4.79 Å². The largest absolute Gasteiger partial charge is 0.336 e. The maximum absolute atomic E-state index is 12.6. The summed E-state index contributed by atoms with van der Waals surface area (Å²) in [6.45, 7) is 4.12. The first-order valence-corrected chi connectivity index (χ1v) is 7.78. The number of aromatic nitrogens is 4. The summed E-state index contributed by atoms with van der Waals surface area (Å²) < 4.78 is 1.66. The van der Waals surface area contributed by atoms with Gasteiger partial charge in [0.1, 0.15) is 0 Å². The van der Waals surface area contributed by atoms with Crippen molar-refractivity contribution < 1.29 is 4.79 Å². The number of benzene rings is 1. The molecule has 124 valence electrons. The van der Waals surface area contributed by atoms with Gasteiger partial charge in [-0.3, -0.25) is 9.78 Å². The molecule has 2 N–H and O–H groups in total. The number of nitrogens with zero attached hydrogens (tertiary/aromatic N) is 5. The van der Waals surface area contributed by atoms with Crippen LogP contribution >= 0.6 is 0 Å². The van der Waals surface area contributed by atoms with Crippen molar-refractivity contribution in [3.8, 4) is 5.69 Å². The Balaban J connectivity index is 2.05. The number of carbonyl (C=O) groups excluding carboxylic acids is 1. The SMILES string of the molecule is Cc1c(C(=O)N(C)C(C)CN)nnn1-c1cccc2cccnc12. The van der Waals surface area contributed by atoms with Crippen molar-refractivity contribution in [3.05, 3.63) is 47.9 Å². The molecule has 3 aromatic rings. The molecule has 0 aliphatic carbocycles. The second-order valence-corrected chi connectivity index (χ2v) is 5.79. The molecule has 1 unspecified atom stereocenters. The monoisotopic (exact) mass is 324 g/mol. The quantitative estimate of drug-likeness (QED) is 0.786. The fourth-order valence-corrected chi connectivity index (χ4v) is 2.54. The maximum atomic E-state index is 12.6. The highest BCUT2D eigenvalue weighted by Gasteiger charge is 2.23. The summed E-state index contributed by atoms with van der Waals surface area (Å²) in [4.78, 5) is 18.6. The zero-order chi connectivity index (χ0) is 17.3. The Morgan fingerprint density at radius 3 is 2.83 bits per heavy atom. The first kappa shape index (κ1) is 16.1. The molecule has 0 radical (unpaired) electrons. The number of nitrogens with two attached hydrogens (primary N) is 1. The van der Waals surface area contributed by atoms with Gasteiger partial charge in [-0.1, -0.05) is 23.4 Å². The van der Waals surface area contributed by atoms with Crippen LogP contribution in [0.25, 0.3) is 16.6 Å². The second-order valence-electron chi connectivity index (χ2n) is 5.79. The minimum atomic E-state index is -0.190. The third kappa shape index (κ3) is 2.63. The summed E-state index contributed by atoms with van der Waals surface area (Å²) in [5.41, 5.74) is 8.26. The average Bonchev–Trinajstić information content (AvgIpc) is 3.00. The molecule has 0 fully saturated rings. The van der Waals surface area contributed by atoms with E-state index in [1.165, 1.54) is 0 Å². The normalized spacial score (nSPS) is 12.3. The molecule has 0 bridgehead atoms. The summed E-state index contributed by atoms with van der Waals surface area (Å²) in [5, 5.41) is 9.27. The van der Waals surface area contributed by atoms with Gasteiger partial charge in [-0.25, -0.2) is 4.68 Å². The van der Waals surface area contributed by atoms with Crippen LogP contribution in [0.5, 0.6) is 0 Å². The number of para-hydroxylation sites is 1. The summed E-state index contributed by atoms with van der Waals surface area (Å²) in [7, 11) is 1.72. The van der Waals surface area contributed by atoms with Crippen LogP contribution < -0.4 is 5.73 Å². The Morgan fingerprint density at radius 2 is 2.08 bits per heavy atom. The maximum Gasteiger partial charge on any atom is 0.276 e. The molecular formula is C17H20N6O. The number of amides is 1. The topological polar surface area (TPSA) is 89.9 Å². The van der Waals surface area contributed by atoms with E-state index in [-0.39, 0.29) is 11.9 Å². The smallest absolute Gasteiger partial charge is 0.276 e. The Kier molecular flexibility index (Phi) is 4.26. The molecule has 7 nitrogen and oxygen atoms in total. The van der Waals surface area contributed by atoms with Crippen LogP contribution in [0.15, 0.2) is 36.5 Å². The molecule has 2 aromatic heterocycles. The predicted molar refractivity (Wildman–Crippen MR) is 92.0 cm³/mol. The van der Waals surface area contributed by atoms with Crippen molar-refractivity contribution in [2.75, 3.05) is 13.6 Å². The van der Waals surface area contributed by atoms with Crippen LogP contribution in [0.1, 0.15) is 23.1 Å². The molecule has 1 atom stereocenters. The first-order chi connectivity index (χ1) is 11.5. The van der Waals surface area contributed by atoms with Gasteiger partial charge in [0.25, 0.3) is 5.91 Å². The summed E-state index contributed by atoms with van der Waals surface area (Å²) in [6.07, 6.45) is 1.74. The van der Waals surface area contributed by atoms with E-state index in [2.05, 4.69) is 15.3 Å². The Morgan fingerprint density at radius 1 is 1.33 bits per heavy atom. The highest BCUT2D eigenvalue weighted by Crippen LogP contribution is 2.21. The number of hydrogen-bond donors (Lipinski definition) is 1. The molecule has 1 amide bonds. The standard InChI is InChI=1S/C17H20N6O/c1-11(10-18)22(3)17(24)15-12(2)23(21-20-15)14-8-4-6-13-7-5-9-19-16(13)14/h4-9,11H,10,18H2,1-3H3. The van der Waals surface area contributed by atoms with Crippen LogP contribution in [0, 0.1) is 6.92 Å². The molecule has 3 rings (SSSR count). The van der Waals surface area contributed by atoms with E-state index in [1.54, 1.807) is 22.8 Å². The fraction of sp³-hybridized carbons (Fsp3) is 0.294. The van der Waals surface area contributed by atoms with E-state index in [0.29, 0.717) is 17.9 Å². The van der Waals surface area contributed by atoms with Crippen molar-refractivity contribution in [2.45, 2.75) is 19.9 Å². The zero-order valence-electron chi connectivity index (χ0n) is 14.0. The zero-order valence-corrected chi connectivity index (χ0v) is 14.0. The molecule has 0 aliphatic rings. The first-order valence-electron chi connectivity index (χ1n) is 7.78. The summed E-state index contributed by atoms with van der Waals surface area (Å²) in [6, 6.07) is 9.64. The minimum absolute atomic E-state index is 0.0683. The molecular weight excluding hydrogens is 304 g/mol. The number of fused-ring (bicyclic) bond motifs is 1. The van der Waals surface area contributed by atoms with E-state index in [1.807, 2.05) is 44.2 Å². The van der Waals surface area contributed by atoms with E-state index >= 15 is 0 Å². The van der Waals surface area contributed by atoms with E-state index < -0.39 is 0 Å². The summed E-state index contributed by atoms with van der Waals surface area (Å²) >= 11 is 0. The van der Waals surface area contributed by atoms with Crippen molar-refractivity contribution >= 4 is 16.8 Å². The van der Waals surface area contributed by atoms with E-state index in [4.69, 9.17) is 5.73 Å². The molecule has 24 heavy (non-hydrogen) atoms. The molecule has 0 saturated heterocycles. The van der Waals surface area contributed by atoms with Gasteiger partial charge in [-0.2, -0.15) is 0 Å². The van der Waals surface area contributed by atoms with Crippen molar-refractivity contribution in [1.82, 2.24) is 24.9 Å². The third-order valence-electron chi connectivity index (χ3n) is 4.26. The van der Waals surface area contributed by atoms with Gasteiger partial charge < -0.3 is 10.6 Å². The van der Waals surface area contributed by atoms with Gasteiger partial charge in [-0.05, 0) is 26.0 Å². The van der Waals surface area contributed by atoms with Crippen LogP contribution in [0.2, 0.25) is 0 Å². The third-order valence-corrected chi connectivity index (χ3v) is 4.26. The Hall–Kier alpha value is -2.80. The number of pyridine rings is 1. The van der Waals surface area contributed by atoms with E-state index in [0.717, 1.165) is 16.6 Å². The molecule has 0 spiro atoms. The van der Waals surface area contributed by atoms with Crippen LogP contribution in [-0.4, -0.2) is 50.4 Å². The fourth-order valence-electron chi connectivity index (χ4n) is 2.54. The Labute approximate surface area is 140 Å². The molecule has 2 heterocycles. The molecule has 0 saturated carbocycles. The van der Waals surface area contributed by atoms with Crippen molar-refractivity contribution in [3.63, 3.8) is 0 Å². The number of rotatable bonds is 4. The highest BCUT2D eigenvalue weighted by molar-refractivity contribution is 5.94. The van der Waals surface area contributed by atoms with Gasteiger partial charge >= 0.3 is 0 Å². The van der Waals surface area contributed by atoms with Gasteiger partial charge in [0.2, 0.25) is 0 Å². The van der Waals surface area contributed by atoms with Crippen LogP contribution in [0.3, 0.4) is 0 Å². The van der Waals surface area contributed by atoms with Gasteiger partial charge in [-0.15, -0.1) is 5.10 Å². The Bertz CT molecular complexity index is 882. The van der Waals surface area contributed by atoms with Gasteiger partial charge in [0.15, 0.2) is 5.69 Å². The van der Waals surface area contributed by atoms with Gasteiger partial charge in [0, 0.05) is 31.2 Å². The predicted octanol–water partition coefficient (Wildman–Crippen LogP) is 1.54. The van der Waals surface area contributed by atoms with Crippen LogP contribution in [0.4, 0.5) is 0 Å². The number of carbonyl (C=O) groups is 1. The lowest BCUT2D eigenvalue weighted by Gasteiger charge is -2.22. The van der Waals surface area contributed by atoms with Crippen molar-refractivity contribution in [2.24, 2.45) is 5.73 Å². The number of likely N-dealkylation sites (N-methyl/N-ethyl adjacent to an activating group) is 1.